The fourth-order valence-electron chi connectivity index (χ4n) is 1.63. The summed E-state index contributed by atoms with van der Waals surface area (Å²) in [6.45, 7) is 7.77. The number of nitrogens with one attached hydrogen (secondary N) is 1. The van der Waals surface area contributed by atoms with Crippen LogP contribution in [0.1, 0.15) is 51.8 Å². The van der Waals surface area contributed by atoms with Crippen molar-refractivity contribution in [1.29, 1.82) is 0 Å². The smallest absolute Gasteiger partial charge is 0.120 e. The summed E-state index contributed by atoms with van der Waals surface area (Å²) >= 11 is 0. The van der Waals surface area contributed by atoms with Crippen LogP contribution in [-0.4, -0.2) is 6.54 Å². The second-order valence-corrected chi connectivity index (χ2v) is 4.58. The van der Waals surface area contributed by atoms with Crippen LogP contribution in [0.25, 0.3) is 0 Å². The predicted molar refractivity (Wildman–Crippen MR) is 63.8 cm³/mol. The van der Waals surface area contributed by atoms with E-state index in [1.165, 1.54) is 19.3 Å². The molecular weight excluding hydrogens is 186 g/mol. The molecule has 0 saturated heterocycles. The maximum absolute atomic E-state index is 5.33. The molecule has 1 atom stereocenters. The van der Waals surface area contributed by atoms with Crippen molar-refractivity contribution in [2.24, 2.45) is 5.92 Å². The van der Waals surface area contributed by atoms with Crippen LogP contribution in [0.5, 0.6) is 0 Å². The first-order valence-electron chi connectivity index (χ1n) is 5.97. The largest absolute Gasteiger partial charge is 0.468 e. The van der Waals surface area contributed by atoms with Gasteiger partial charge in [0.15, 0.2) is 0 Å². The van der Waals surface area contributed by atoms with Crippen LogP contribution in [-0.2, 0) is 0 Å². The normalized spacial score (nSPS) is 13.3. The lowest BCUT2D eigenvalue weighted by atomic mass is 10.1. The van der Waals surface area contributed by atoms with Gasteiger partial charge < -0.3 is 9.73 Å². The highest BCUT2D eigenvalue weighted by atomic mass is 16.3. The van der Waals surface area contributed by atoms with E-state index in [1.54, 1.807) is 6.26 Å². The van der Waals surface area contributed by atoms with Crippen LogP contribution >= 0.6 is 0 Å². The van der Waals surface area contributed by atoms with Crippen molar-refractivity contribution >= 4 is 0 Å². The summed E-state index contributed by atoms with van der Waals surface area (Å²) in [4.78, 5) is 0. The van der Waals surface area contributed by atoms with Gasteiger partial charge >= 0.3 is 0 Å². The van der Waals surface area contributed by atoms with Gasteiger partial charge in [-0.3, -0.25) is 0 Å². The fraction of sp³-hybridized carbons (Fsp3) is 0.692. The highest BCUT2D eigenvalue weighted by Crippen LogP contribution is 2.12. The van der Waals surface area contributed by atoms with E-state index in [1.807, 2.05) is 12.1 Å². The van der Waals surface area contributed by atoms with Crippen LogP contribution < -0.4 is 5.32 Å². The molecule has 2 nitrogen and oxygen atoms in total. The number of hydrogen-bond acceptors (Lipinski definition) is 2. The molecule has 0 aliphatic carbocycles. The summed E-state index contributed by atoms with van der Waals surface area (Å²) in [5.41, 5.74) is 0. The quantitative estimate of drug-likeness (QED) is 0.692. The van der Waals surface area contributed by atoms with Gasteiger partial charge in [0.1, 0.15) is 5.76 Å². The molecule has 1 heterocycles. The third kappa shape index (κ3) is 5.03. The molecule has 1 rings (SSSR count). The third-order valence-electron chi connectivity index (χ3n) is 2.63. The molecule has 0 saturated carbocycles. The zero-order valence-electron chi connectivity index (χ0n) is 10.1. The standard InChI is InChI=1S/C13H23NO/c1-11(2)7-4-5-9-14-12(3)13-8-6-10-15-13/h6,8,10-12,14H,4-5,7,9H2,1-3H3. The van der Waals surface area contributed by atoms with Crippen molar-refractivity contribution < 1.29 is 4.42 Å². The number of furan rings is 1. The van der Waals surface area contributed by atoms with Gasteiger partial charge in [0.25, 0.3) is 0 Å². The van der Waals surface area contributed by atoms with Crippen LogP contribution in [0.15, 0.2) is 22.8 Å². The first kappa shape index (κ1) is 12.3. The lowest BCUT2D eigenvalue weighted by Gasteiger charge is -2.11. The Hall–Kier alpha value is -0.760. The van der Waals surface area contributed by atoms with E-state index in [-0.39, 0.29) is 0 Å². The highest BCUT2D eigenvalue weighted by molar-refractivity contribution is 5.02. The van der Waals surface area contributed by atoms with Gasteiger partial charge in [-0.25, -0.2) is 0 Å². The maximum atomic E-state index is 5.33. The second kappa shape index (κ2) is 6.67. The Bertz CT molecular complexity index is 241. The zero-order chi connectivity index (χ0) is 11.1. The van der Waals surface area contributed by atoms with E-state index in [9.17, 15) is 0 Å². The SMILES string of the molecule is CC(C)CCCCNC(C)c1ccco1. The van der Waals surface area contributed by atoms with Gasteiger partial charge in [-0.1, -0.05) is 26.7 Å². The first-order valence-corrected chi connectivity index (χ1v) is 5.97. The van der Waals surface area contributed by atoms with E-state index in [0.717, 1.165) is 18.2 Å². The minimum absolute atomic E-state index is 0.332. The monoisotopic (exact) mass is 209 g/mol. The number of hydrogen-bond donors (Lipinski definition) is 1. The van der Waals surface area contributed by atoms with Crippen LogP contribution in [0.4, 0.5) is 0 Å². The Balaban J connectivity index is 2.05. The van der Waals surface area contributed by atoms with E-state index in [4.69, 9.17) is 4.42 Å². The molecular formula is C13H23NO. The molecule has 86 valence electrons. The summed E-state index contributed by atoms with van der Waals surface area (Å²) in [6.07, 6.45) is 5.63. The molecule has 0 aromatic carbocycles. The van der Waals surface area contributed by atoms with Crippen molar-refractivity contribution in [1.82, 2.24) is 5.32 Å². The first-order chi connectivity index (χ1) is 7.20. The average Bonchev–Trinajstić information content (AvgIpc) is 2.69. The summed E-state index contributed by atoms with van der Waals surface area (Å²) in [5, 5.41) is 3.46. The Morgan fingerprint density at radius 2 is 2.07 bits per heavy atom. The average molecular weight is 209 g/mol. The lowest BCUT2D eigenvalue weighted by Crippen LogP contribution is -2.19. The number of unbranched alkanes of at least 4 members (excludes halogenated alkanes) is 1. The van der Waals surface area contributed by atoms with Crippen molar-refractivity contribution in [3.05, 3.63) is 24.2 Å². The van der Waals surface area contributed by atoms with Gasteiger partial charge in [-0.15, -0.1) is 0 Å². The highest BCUT2D eigenvalue weighted by Gasteiger charge is 2.05. The van der Waals surface area contributed by atoms with Gasteiger partial charge in [0.2, 0.25) is 0 Å². The lowest BCUT2D eigenvalue weighted by molar-refractivity contribution is 0.422. The van der Waals surface area contributed by atoms with Crippen molar-refractivity contribution in [2.75, 3.05) is 6.54 Å². The molecule has 1 N–H and O–H groups in total. The van der Waals surface area contributed by atoms with Gasteiger partial charge in [-0.05, 0) is 37.9 Å². The third-order valence-corrected chi connectivity index (χ3v) is 2.63. The van der Waals surface area contributed by atoms with E-state index in [2.05, 4.69) is 26.1 Å². The summed E-state index contributed by atoms with van der Waals surface area (Å²) in [5.74, 6) is 1.85. The molecule has 15 heavy (non-hydrogen) atoms. The molecule has 1 aromatic heterocycles. The topological polar surface area (TPSA) is 25.2 Å². The maximum Gasteiger partial charge on any atom is 0.120 e. The summed E-state index contributed by atoms with van der Waals surface area (Å²) < 4.78 is 5.33. The molecule has 1 unspecified atom stereocenters. The minimum Gasteiger partial charge on any atom is -0.468 e. The summed E-state index contributed by atoms with van der Waals surface area (Å²) in [6, 6.07) is 4.29. The van der Waals surface area contributed by atoms with Crippen LogP contribution in [0.2, 0.25) is 0 Å². The van der Waals surface area contributed by atoms with Crippen LogP contribution in [0.3, 0.4) is 0 Å². The fourth-order valence-corrected chi connectivity index (χ4v) is 1.63. The van der Waals surface area contributed by atoms with E-state index < -0.39 is 0 Å². The second-order valence-electron chi connectivity index (χ2n) is 4.58. The molecule has 2 heteroatoms. The predicted octanol–water partition coefficient (Wildman–Crippen LogP) is 3.76. The molecule has 0 amide bonds. The zero-order valence-corrected chi connectivity index (χ0v) is 10.1. The Labute approximate surface area is 93.1 Å². The summed E-state index contributed by atoms with van der Waals surface area (Å²) in [7, 11) is 0. The van der Waals surface area contributed by atoms with E-state index in [0.29, 0.717) is 6.04 Å². The molecule has 0 aliphatic heterocycles. The molecule has 0 aliphatic rings. The van der Waals surface area contributed by atoms with Crippen molar-refractivity contribution in [3.8, 4) is 0 Å². The molecule has 0 fully saturated rings. The Kier molecular flexibility index (Phi) is 5.48. The van der Waals surface area contributed by atoms with Crippen molar-refractivity contribution in [3.63, 3.8) is 0 Å². The van der Waals surface area contributed by atoms with Crippen LogP contribution in [0, 0.1) is 5.92 Å². The molecule has 0 spiro atoms. The number of rotatable bonds is 7. The van der Waals surface area contributed by atoms with Crippen molar-refractivity contribution in [2.45, 2.75) is 46.1 Å². The molecule has 0 radical (unpaired) electrons. The van der Waals surface area contributed by atoms with E-state index >= 15 is 0 Å². The Morgan fingerprint density at radius 1 is 1.27 bits per heavy atom. The minimum atomic E-state index is 0.332. The molecule has 1 aromatic rings. The van der Waals surface area contributed by atoms with Gasteiger partial charge in [0, 0.05) is 0 Å². The van der Waals surface area contributed by atoms with Gasteiger partial charge in [0.05, 0.1) is 12.3 Å². The Morgan fingerprint density at radius 3 is 2.67 bits per heavy atom. The van der Waals surface area contributed by atoms with Gasteiger partial charge in [-0.2, -0.15) is 0 Å². The molecule has 0 bridgehead atoms.